The van der Waals surface area contributed by atoms with Crippen molar-refractivity contribution in [1.82, 2.24) is 0 Å². The van der Waals surface area contributed by atoms with Gasteiger partial charge in [0.15, 0.2) is 17.3 Å². The number of halogens is 1. The molecule has 3 nitrogen and oxygen atoms in total. The standard InChI is InChI=1S/C10H14FNO2/c1-5-3-7(6(2)4-12)8(11)10(14)9(5)13/h3,6,13-14H,4,12H2,1-2H3. The van der Waals surface area contributed by atoms with Crippen molar-refractivity contribution in [3.63, 3.8) is 0 Å². The predicted octanol–water partition coefficient (Wildman–Crippen LogP) is 1.61. The molecule has 0 saturated heterocycles. The van der Waals surface area contributed by atoms with E-state index in [0.29, 0.717) is 17.7 Å². The average Bonchev–Trinajstić information content (AvgIpc) is 2.19. The van der Waals surface area contributed by atoms with Crippen molar-refractivity contribution in [3.8, 4) is 11.5 Å². The highest BCUT2D eigenvalue weighted by molar-refractivity contribution is 5.49. The fourth-order valence-electron chi connectivity index (χ4n) is 1.28. The zero-order valence-electron chi connectivity index (χ0n) is 8.21. The van der Waals surface area contributed by atoms with Gasteiger partial charge in [-0.05, 0) is 36.6 Å². The summed E-state index contributed by atoms with van der Waals surface area (Å²) in [6, 6.07) is 1.50. The van der Waals surface area contributed by atoms with Gasteiger partial charge < -0.3 is 15.9 Å². The number of aromatic hydroxyl groups is 2. The third kappa shape index (κ3) is 1.65. The maximum Gasteiger partial charge on any atom is 0.194 e. The third-order valence-electron chi connectivity index (χ3n) is 2.32. The minimum absolute atomic E-state index is 0.180. The van der Waals surface area contributed by atoms with Crippen LogP contribution in [0.25, 0.3) is 0 Å². The van der Waals surface area contributed by atoms with E-state index >= 15 is 0 Å². The van der Waals surface area contributed by atoms with Crippen LogP contribution in [-0.4, -0.2) is 16.8 Å². The van der Waals surface area contributed by atoms with E-state index in [1.807, 2.05) is 0 Å². The van der Waals surface area contributed by atoms with Gasteiger partial charge in [-0.2, -0.15) is 0 Å². The molecule has 0 heterocycles. The number of rotatable bonds is 2. The molecule has 0 radical (unpaired) electrons. The predicted molar refractivity (Wildman–Crippen MR) is 51.9 cm³/mol. The van der Waals surface area contributed by atoms with Gasteiger partial charge in [0.05, 0.1) is 0 Å². The van der Waals surface area contributed by atoms with Crippen LogP contribution >= 0.6 is 0 Å². The summed E-state index contributed by atoms with van der Waals surface area (Å²) in [6.45, 7) is 3.65. The Bertz CT molecular complexity index is 352. The van der Waals surface area contributed by atoms with E-state index in [4.69, 9.17) is 5.73 Å². The maximum absolute atomic E-state index is 13.4. The van der Waals surface area contributed by atoms with Crippen LogP contribution in [0.15, 0.2) is 6.07 Å². The Balaban J connectivity index is 3.33. The molecule has 78 valence electrons. The topological polar surface area (TPSA) is 66.5 Å². The molecule has 14 heavy (non-hydrogen) atoms. The van der Waals surface area contributed by atoms with Gasteiger partial charge in [-0.25, -0.2) is 4.39 Å². The van der Waals surface area contributed by atoms with Crippen molar-refractivity contribution in [1.29, 1.82) is 0 Å². The Labute approximate surface area is 82.0 Å². The van der Waals surface area contributed by atoms with Gasteiger partial charge in [0.2, 0.25) is 0 Å². The highest BCUT2D eigenvalue weighted by Crippen LogP contribution is 2.35. The van der Waals surface area contributed by atoms with Crippen molar-refractivity contribution in [2.45, 2.75) is 19.8 Å². The molecule has 0 spiro atoms. The average molecular weight is 199 g/mol. The zero-order chi connectivity index (χ0) is 10.9. The Hall–Kier alpha value is -1.29. The fraction of sp³-hybridized carbons (Fsp3) is 0.400. The molecule has 0 aliphatic rings. The summed E-state index contributed by atoms with van der Waals surface area (Å²) >= 11 is 0. The number of hydrogen-bond donors (Lipinski definition) is 3. The molecule has 0 bridgehead atoms. The minimum Gasteiger partial charge on any atom is -0.504 e. The summed E-state index contributed by atoms with van der Waals surface area (Å²) in [4.78, 5) is 0. The van der Waals surface area contributed by atoms with Crippen LogP contribution in [0.5, 0.6) is 11.5 Å². The summed E-state index contributed by atoms with van der Waals surface area (Å²) in [7, 11) is 0. The second-order valence-corrected chi connectivity index (χ2v) is 3.43. The lowest BCUT2D eigenvalue weighted by atomic mass is 9.98. The third-order valence-corrected chi connectivity index (χ3v) is 2.32. The molecule has 0 saturated carbocycles. The Morgan fingerprint density at radius 1 is 1.43 bits per heavy atom. The van der Waals surface area contributed by atoms with E-state index in [2.05, 4.69) is 0 Å². The molecule has 0 aliphatic heterocycles. The van der Waals surface area contributed by atoms with Crippen molar-refractivity contribution >= 4 is 0 Å². The number of hydrogen-bond acceptors (Lipinski definition) is 3. The van der Waals surface area contributed by atoms with E-state index in [1.165, 1.54) is 6.07 Å². The van der Waals surface area contributed by atoms with E-state index in [1.54, 1.807) is 13.8 Å². The van der Waals surface area contributed by atoms with Gasteiger partial charge in [0, 0.05) is 0 Å². The first kappa shape index (κ1) is 10.8. The van der Waals surface area contributed by atoms with Gasteiger partial charge in [0.1, 0.15) is 0 Å². The summed E-state index contributed by atoms with van der Waals surface area (Å²) in [5.41, 5.74) is 6.18. The molecule has 1 aromatic rings. The first-order valence-corrected chi connectivity index (χ1v) is 4.40. The molecule has 4 N–H and O–H groups in total. The normalized spacial score (nSPS) is 12.9. The van der Waals surface area contributed by atoms with E-state index in [9.17, 15) is 14.6 Å². The monoisotopic (exact) mass is 199 g/mol. The summed E-state index contributed by atoms with van der Waals surface area (Å²) in [5, 5.41) is 18.5. The van der Waals surface area contributed by atoms with Gasteiger partial charge >= 0.3 is 0 Å². The number of phenolic OH excluding ortho intramolecular Hbond substituents is 2. The number of aryl methyl sites for hydroxylation is 1. The Morgan fingerprint density at radius 3 is 2.50 bits per heavy atom. The lowest BCUT2D eigenvalue weighted by Gasteiger charge is -2.13. The largest absolute Gasteiger partial charge is 0.504 e. The van der Waals surface area contributed by atoms with E-state index < -0.39 is 17.3 Å². The van der Waals surface area contributed by atoms with Gasteiger partial charge in [-0.1, -0.05) is 6.92 Å². The summed E-state index contributed by atoms with van der Waals surface area (Å²) in [5.74, 6) is -2.07. The van der Waals surface area contributed by atoms with Crippen molar-refractivity contribution < 1.29 is 14.6 Å². The summed E-state index contributed by atoms with van der Waals surface area (Å²) < 4.78 is 13.4. The van der Waals surface area contributed by atoms with Gasteiger partial charge in [-0.3, -0.25) is 0 Å². The second kappa shape index (κ2) is 3.84. The lowest BCUT2D eigenvalue weighted by Crippen LogP contribution is -2.10. The molecule has 1 aromatic carbocycles. The van der Waals surface area contributed by atoms with Crippen LogP contribution in [-0.2, 0) is 0 Å². The number of benzene rings is 1. The minimum atomic E-state index is -0.786. The molecule has 1 atom stereocenters. The number of phenols is 2. The highest BCUT2D eigenvalue weighted by Gasteiger charge is 2.18. The Kier molecular flexibility index (Phi) is 2.96. The Morgan fingerprint density at radius 2 is 2.00 bits per heavy atom. The molecule has 1 rings (SSSR count). The highest BCUT2D eigenvalue weighted by atomic mass is 19.1. The zero-order valence-corrected chi connectivity index (χ0v) is 8.21. The molecule has 0 fully saturated rings. The van der Waals surface area contributed by atoms with Crippen LogP contribution in [0.1, 0.15) is 24.0 Å². The first-order chi connectivity index (χ1) is 6.49. The van der Waals surface area contributed by atoms with Gasteiger partial charge in [0.25, 0.3) is 0 Å². The van der Waals surface area contributed by atoms with Crippen LogP contribution < -0.4 is 5.73 Å². The number of nitrogens with two attached hydrogens (primary N) is 1. The second-order valence-electron chi connectivity index (χ2n) is 3.43. The molecular formula is C10H14FNO2. The lowest BCUT2D eigenvalue weighted by molar-refractivity contribution is 0.373. The molecule has 1 unspecified atom stereocenters. The molecule has 0 aliphatic carbocycles. The first-order valence-electron chi connectivity index (χ1n) is 4.40. The van der Waals surface area contributed by atoms with Crippen molar-refractivity contribution in [3.05, 3.63) is 23.0 Å². The fourth-order valence-corrected chi connectivity index (χ4v) is 1.28. The van der Waals surface area contributed by atoms with Crippen LogP contribution in [0.4, 0.5) is 4.39 Å². The molecule has 4 heteroatoms. The van der Waals surface area contributed by atoms with E-state index in [-0.39, 0.29) is 5.92 Å². The molecule has 0 aromatic heterocycles. The van der Waals surface area contributed by atoms with Crippen LogP contribution in [0, 0.1) is 12.7 Å². The molecular weight excluding hydrogens is 185 g/mol. The van der Waals surface area contributed by atoms with Crippen molar-refractivity contribution in [2.75, 3.05) is 6.54 Å². The van der Waals surface area contributed by atoms with Crippen LogP contribution in [0.3, 0.4) is 0 Å². The van der Waals surface area contributed by atoms with Crippen molar-refractivity contribution in [2.24, 2.45) is 5.73 Å². The SMILES string of the molecule is Cc1cc(C(C)CN)c(F)c(O)c1O. The molecule has 0 amide bonds. The summed E-state index contributed by atoms with van der Waals surface area (Å²) in [6.07, 6.45) is 0. The maximum atomic E-state index is 13.4. The van der Waals surface area contributed by atoms with E-state index in [0.717, 1.165) is 0 Å². The van der Waals surface area contributed by atoms with Gasteiger partial charge in [-0.15, -0.1) is 0 Å². The quantitative estimate of drug-likeness (QED) is 0.634. The smallest absolute Gasteiger partial charge is 0.194 e. The van der Waals surface area contributed by atoms with Crippen LogP contribution in [0.2, 0.25) is 0 Å².